The zero-order valence-electron chi connectivity index (χ0n) is 12.1. The fourth-order valence-corrected chi connectivity index (χ4v) is 2.47. The number of nitrogens with zero attached hydrogens (tertiary/aromatic N) is 1. The summed E-state index contributed by atoms with van der Waals surface area (Å²) in [4.78, 5) is 40.5. The lowest BCUT2D eigenvalue weighted by molar-refractivity contribution is -0.115. The number of nitrogens with two attached hydrogens (primary N) is 1. The zero-order chi connectivity index (χ0) is 17.0. The Morgan fingerprint density at radius 1 is 1.35 bits per heavy atom. The summed E-state index contributed by atoms with van der Waals surface area (Å²) in [5.74, 6) is -1.29. The van der Waals surface area contributed by atoms with E-state index in [0.717, 1.165) is 17.8 Å². The van der Waals surface area contributed by atoms with E-state index in [4.69, 9.17) is 5.73 Å². The van der Waals surface area contributed by atoms with Crippen LogP contribution in [-0.4, -0.2) is 32.1 Å². The van der Waals surface area contributed by atoms with Crippen LogP contribution in [0.5, 0.6) is 5.88 Å². The first kappa shape index (κ1) is 16.6. The third kappa shape index (κ3) is 4.58. The maximum atomic E-state index is 12.1. The summed E-state index contributed by atoms with van der Waals surface area (Å²) >= 11 is 0.994. The third-order valence-electron chi connectivity index (χ3n) is 2.80. The fourth-order valence-electron chi connectivity index (χ4n) is 1.66. The fraction of sp³-hybridized carbons (Fsp3) is 0.143. The van der Waals surface area contributed by atoms with Gasteiger partial charge in [0.2, 0.25) is 17.7 Å². The Morgan fingerprint density at radius 2 is 2.00 bits per heavy atom. The standard InChI is InChI=1S/C14H14N4O4S/c1-7(23-14-17-10(19)6-11(20)18-14)13(22)16-9-4-2-8(3-5-9)12(15)21/h2-7H,1H3,(H2,15,21)(H,16,22)(H2,17,18,19,20). The van der Waals surface area contributed by atoms with Gasteiger partial charge in [0.05, 0.1) is 11.3 Å². The zero-order valence-corrected chi connectivity index (χ0v) is 12.9. The number of anilines is 1. The molecule has 1 aromatic carbocycles. The minimum absolute atomic E-state index is 0.140. The summed E-state index contributed by atoms with van der Waals surface area (Å²) in [5.41, 5.74) is 5.48. The van der Waals surface area contributed by atoms with Gasteiger partial charge in [-0.15, -0.1) is 0 Å². The van der Waals surface area contributed by atoms with Crippen molar-refractivity contribution in [3.63, 3.8) is 0 Å². The molecule has 9 heteroatoms. The Bertz CT molecular complexity index is 788. The molecule has 1 aromatic heterocycles. The van der Waals surface area contributed by atoms with Crippen LogP contribution in [-0.2, 0) is 4.79 Å². The van der Waals surface area contributed by atoms with Crippen molar-refractivity contribution in [2.45, 2.75) is 17.3 Å². The van der Waals surface area contributed by atoms with E-state index >= 15 is 0 Å². The minimum Gasteiger partial charge on any atom is -0.493 e. The molecule has 0 aliphatic rings. The number of hydrogen-bond donors (Lipinski definition) is 4. The van der Waals surface area contributed by atoms with E-state index in [2.05, 4.69) is 15.3 Å². The SMILES string of the molecule is CC(Sc1nc(O)cc(=O)[nH]1)C(=O)Nc1ccc(C(N)=O)cc1. The molecular formula is C14H14N4O4S. The topological polar surface area (TPSA) is 138 Å². The summed E-state index contributed by atoms with van der Waals surface area (Å²) in [6.45, 7) is 1.63. The first-order chi connectivity index (χ1) is 10.8. The van der Waals surface area contributed by atoms with Crippen molar-refractivity contribution < 1.29 is 14.7 Å². The van der Waals surface area contributed by atoms with Gasteiger partial charge in [-0.05, 0) is 31.2 Å². The second kappa shape index (κ2) is 6.97. The van der Waals surface area contributed by atoms with E-state index in [-0.39, 0.29) is 11.1 Å². The number of thioether (sulfide) groups is 1. The highest BCUT2D eigenvalue weighted by atomic mass is 32.2. The molecule has 23 heavy (non-hydrogen) atoms. The van der Waals surface area contributed by atoms with Crippen molar-refractivity contribution >= 4 is 29.3 Å². The van der Waals surface area contributed by atoms with E-state index in [1.54, 1.807) is 19.1 Å². The Morgan fingerprint density at radius 3 is 2.57 bits per heavy atom. The lowest BCUT2D eigenvalue weighted by Crippen LogP contribution is -2.23. The van der Waals surface area contributed by atoms with Gasteiger partial charge >= 0.3 is 0 Å². The van der Waals surface area contributed by atoms with Crippen LogP contribution < -0.4 is 16.6 Å². The van der Waals surface area contributed by atoms with Crippen molar-refractivity contribution in [2.75, 3.05) is 5.32 Å². The predicted molar refractivity (Wildman–Crippen MR) is 85.4 cm³/mol. The molecule has 120 valence electrons. The van der Waals surface area contributed by atoms with E-state index in [1.165, 1.54) is 12.1 Å². The number of primary amides is 1. The van der Waals surface area contributed by atoms with E-state index in [1.807, 2.05) is 0 Å². The molecule has 0 spiro atoms. The van der Waals surface area contributed by atoms with Crippen molar-refractivity contribution in [1.82, 2.24) is 9.97 Å². The number of amides is 2. The van der Waals surface area contributed by atoms with Crippen molar-refractivity contribution in [3.05, 3.63) is 46.2 Å². The van der Waals surface area contributed by atoms with Gasteiger partial charge in [-0.2, -0.15) is 4.98 Å². The molecule has 1 unspecified atom stereocenters. The predicted octanol–water partition coefficient (Wildman–Crippen LogP) is 0.694. The molecule has 0 saturated carbocycles. The molecule has 8 nitrogen and oxygen atoms in total. The Labute approximate surface area is 135 Å². The average molecular weight is 334 g/mol. The maximum Gasteiger partial charge on any atom is 0.255 e. The lowest BCUT2D eigenvalue weighted by atomic mass is 10.2. The van der Waals surface area contributed by atoms with E-state index in [0.29, 0.717) is 11.3 Å². The van der Waals surface area contributed by atoms with Gasteiger partial charge in [0.25, 0.3) is 5.56 Å². The number of aromatic nitrogens is 2. The van der Waals surface area contributed by atoms with Gasteiger partial charge in [-0.25, -0.2) is 0 Å². The molecular weight excluding hydrogens is 320 g/mol. The van der Waals surface area contributed by atoms with Crippen molar-refractivity contribution in [2.24, 2.45) is 5.73 Å². The molecule has 2 rings (SSSR count). The van der Waals surface area contributed by atoms with Crippen molar-refractivity contribution in [1.29, 1.82) is 0 Å². The van der Waals surface area contributed by atoms with Crippen LogP contribution in [0, 0.1) is 0 Å². The number of H-pyrrole nitrogens is 1. The van der Waals surface area contributed by atoms with Crippen LogP contribution >= 0.6 is 11.8 Å². The molecule has 2 amide bonds. The monoisotopic (exact) mass is 334 g/mol. The van der Waals surface area contributed by atoms with Crippen LogP contribution in [0.3, 0.4) is 0 Å². The summed E-state index contributed by atoms with van der Waals surface area (Å²) in [7, 11) is 0. The number of aromatic hydroxyl groups is 1. The van der Waals surface area contributed by atoms with Crippen molar-refractivity contribution in [3.8, 4) is 5.88 Å². The second-order valence-corrected chi connectivity index (χ2v) is 5.93. The average Bonchev–Trinajstić information content (AvgIpc) is 2.46. The summed E-state index contributed by atoms with van der Waals surface area (Å²) < 4.78 is 0. The molecule has 1 atom stereocenters. The normalized spacial score (nSPS) is 11.7. The van der Waals surface area contributed by atoms with E-state index < -0.39 is 22.6 Å². The molecule has 2 aromatic rings. The first-order valence-electron chi connectivity index (χ1n) is 6.53. The first-order valence-corrected chi connectivity index (χ1v) is 7.41. The summed E-state index contributed by atoms with van der Waals surface area (Å²) in [6.07, 6.45) is 0. The molecule has 5 N–H and O–H groups in total. The molecule has 0 aliphatic carbocycles. The Kier molecular flexibility index (Phi) is 5.02. The van der Waals surface area contributed by atoms with Gasteiger partial charge in [-0.1, -0.05) is 11.8 Å². The van der Waals surface area contributed by atoms with Gasteiger partial charge < -0.3 is 21.1 Å². The highest BCUT2D eigenvalue weighted by Crippen LogP contribution is 2.21. The number of hydrogen-bond acceptors (Lipinski definition) is 6. The molecule has 0 aliphatic heterocycles. The van der Waals surface area contributed by atoms with Gasteiger partial charge in [0.1, 0.15) is 0 Å². The third-order valence-corrected chi connectivity index (χ3v) is 3.79. The number of carbonyl (C=O) groups excluding carboxylic acids is 2. The summed E-state index contributed by atoms with van der Waals surface area (Å²) in [5, 5.41) is 11.5. The maximum absolute atomic E-state index is 12.1. The number of rotatable bonds is 5. The van der Waals surface area contributed by atoms with Gasteiger partial charge in [0, 0.05) is 11.3 Å². The highest BCUT2D eigenvalue weighted by Gasteiger charge is 2.16. The van der Waals surface area contributed by atoms with Gasteiger partial charge in [-0.3, -0.25) is 14.4 Å². The highest BCUT2D eigenvalue weighted by molar-refractivity contribution is 8.00. The molecule has 0 fully saturated rings. The minimum atomic E-state index is -0.573. The lowest BCUT2D eigenvalue weighted by Gasteiger charge is -2.11. The molecule has 0 radical (unpaired) electrons. The van der Waals surface area contributed by atoms with Crippen LogP contribution in [0.4, 0.5) is 5.69 Å². The Hall–Kier alpha value is -2.81. The second-order valence-electron chi connectivity index (χ2n) is 4.60. The van der Waals surface area contributed by atoms with E-state index in [9.17, 15) is 19.5 Å². The Balaban J connectivity index is 2.02. The number of carbonyl (C=O) groups is 2. The summed E-state index contributed by atoms with van der Waals surface area (Å²) in [6, 6.07) is 7.07. The molecule has 0 saturated heterocycles. The van der Waals surface area contributed by atoms with Crippen LogP contribution in [0.25, 0.3) is 0 Å². The molecule has 1 heterocycles. The van der Waals surface area contributed by atoms with Crippen LogP contribution in [0.2, 0.25) is 0 Å². The van der Waals surface area contributed by atoms with Crippen LogP contribution in [0.15, 0.2) is 40.3 Å². The van der Waals surface area contributed by atoms with Gasteiger partial charge in [0.15, 0.2) is 5.16 Å². The molecule has 0 bridgehead atoms. The number of aromatic amines is 1. The number of benzene rings is 1. The van der Waals surface area contributed by atoms with Crippen LogP contribution in [0.1, 0.15) is 17.3 Å². The largest absolute Gasteiger partial charge is 0.493 e. The quantitative estimate of drug-likeness (QED) is 0.469. The smallest absolute Gasteiger partial charge is 0.255 e. The number of nitrogens with one attached hydrogen (secondary N) is 2.